The van der Waals surface area contributed by atoms with Crippen molar-refractivity contribution in [1.82, 2.24) is 15.0 Å². The van der Waals surface area contributed by atoms with Gasteiger partial charge in [0.2, 0.25) is 0 Å². The minimum atomic E-state index is -1.09. The summed E-state index contributed by atoms with van der Waals surface area (Å²) in [5.41, 5.74) is 4.85. The molecular weight excluding hydrogens is 527 g/mol. The van der Waals surface area contributed by atoms with Crippen LogP contribution in [0.1, 0.15) is 66.7 Å². The van der Waals surface area contributed by atoms with E-state index in [2.05, 4.69) is 15.0 Å². The summed E-state index contributed by atoms with van der Waals surface area (Å²) in [5.74, 6) is -0.781. The molecule has 0 aromatic heterocycles. The minimum absolute atomic E-state index is 0.0954. The number of rotatable bonds is 17. The summed E-state index contributed by atoms with van der Waals surface area (Å²) in [6, 6.07) is -2.46. The van der Waals surface area contributed by atoms with Crippen LogP contribution in [0.25, 0.3) is 0 Å². The van der Waals surface area contributed by atoms with Gasteiger partial charge in [-0.3, -0.25) is 0 Å². The van der Waals surface area contributed by atoms with Gasteiger partial charge in [-0.2, -0.15) is 0 Å². The van der Waals surface area contributed by atoms with E-state index < -0.39 is 56.9 Å². The van der Waals surface area contributed by atoms with E-state index in [1.54, 1.807) is 32.5 Å². The van der Waals surface area contributed by atoms with Crippen LogP contribution in [0.4, 0.5) is 4.79 Å². The molecule has 12 heteroatoms. The molecule has 0 aromatic carbocycles. The first kappa shape index (κ1) is 32.7. The zero-order valence-electron chi connectivity index (χ0n) is 21.1. The SMILES string of the molecule is CSCC[C@H](N[Se]C(=O)[C@H](CCCCN)NC(=O)OC(C)(C)C)C(=O)N[C@@H](CC(C)C)C(=O)O. The maximum atomic E-state index is 12.9. The molecule has 0 fully saturated rings. The fraction of sp³-hybridized carbons (Fsp3) is 0.818. The number of unbranched alkanes of at least 4 members (excludes halogenated alkanes) is 1. The van der Waals surface area contributed by atoms with Gasteiger partial charge in [-0.25, -0.2) is 0 Å². The number of nitrogens with two attached hydrogens (primary N) is 1. The summed E-state index contributed by atoms with van der Waals surface area (Å²) in [5, 5.41) is 14.7. The van der Waals surface area contributed by atoms with E-state index in [0.717, 1.165) is 0 Å². The molecule has 3 atom stereocenters. The number of hydrogen-bond donors (Lipinski definition) is 5. The van der Waals surface area contributed by atoms with Crippen molar-refractivity contribution < 1.29 is 29.0 Å². The van der Waals surface area contributed by atoms with Gasteiger partial charge in [-0.1, -0.05) is 0 Å². The van der Waals surface area contributed by atoms with Crippen molar-refractivity contribution in [1.29, 1.82) is 0 Å². The molecule has 0 heterocycles. The molecule has 0 saturated carbocycles. The van der Waals surface area contributed by atoms with Crippen LogP contribution in [-0.4, -0.2) is 85.2 Å². The summed E-state index contributed by atoms with van der Waals surface area (Å²) < 4.78 is 8.07. The molecule has 34 heavy (non-hydrogen) atoms. The summed E-state index contributed by atoms with van der Waals surface area (Å²) in [6.07, 6.45) is 3.76. The number of ether oxygens (including phenoxy) is 1. The van der Waals surface area contributed by atoms with Crippen molar-refractivity contribution in [3.05, 3.63) is 0 Å². The second kappa shape index (κ2) is 17.2. The van der Waals surface area contributed by atoms with E-state index in [1.807, 2.05) is 20.1 Å². The standard InChI is InChI=1S/C22H42N4O6SSe/c1-14(2)13-17(19(28)29)24-18(27)15(10-12-33-6)26-34-20(30)16(9-7-8-11-23)25-21(31)32-22(3,4)5/h14-17,26H,7-13,23H2,1-6H3,(H,24,27)(H,25,31)(H,28,29)/t15-,16-,17-/m0/s1. The Labute approximate surface area is 214 Å². The van der Waals surface area contributed by atoms with Crippen LogP contribution in [0, 0.1) is 5.92 Å². The van der Waals surface area contributed by atoms with Gasteiger partial charge < -0.3 is 0 Å². The Hall–Kier alpha value is -1.33. The number of aliphatic carboxylic acids is 1. The first-order valence-electron chi connectivity index (χ1n) is 11.5. The van der Waals surface area contributed by atoms with Crippen molar-refractivity contribution in [3.8, 4) is 0 Å². The van der Waals surface area contributed by atoms with Gasteiger partial charge in [0.25, 0.3) is 0 Å². The molecule has 0 spiro atoms. The van der Waals surface area contributed by atoms with Crippen molar-refractivity contribution in [3.63, 3.8) is 0 Å². The van der Waals surface area contributed by atoms with Crippen molar-refractivity contribution in [2.45, 2.75) is 90.4 Å². The fourth-order valence-electron chi connectivity index (χ4n) is 2.84. The predicted octanol–water partition coefficient (Wildman–Crippen LogP) is 1.48. The van der Waals surface area contributed by atoms with E-state index in [1.165, 1.54) is 0 Å². The summed E-state index contributed by atoms with van der Waals surface area (Å²) in [7, 11) is 0. The molecule has 0 aliphatic rings. The van der Waals surface area contributed by atoms with Gasteiger partial charge in [-0.15, -0.1) is 0 Å². The number of thioether (sulfide) groups is 1. The van der Waals surface area contributed by atoms with Gasteiger partial charge >= 0.3 is 214 Å². The van der Waals surface area contributed by atoms with Crippen LogP contribution >= 0.6 is 11.8 Å². The number of carboxylic acid groups (broad SMARTS) is 1. The van der Waals surface area contributed by atoms with Crippen LogP contribution in [0.2, 0.25) is 0 Å². The first-order chi connectivity index (χ1) is 15.8. The Bertz CT molecular complexity index is 660. The predicted molar refractivity (Wildman–Crippen MR) is 136 cm³/mol. The number of amides is 2. The van der Waals surface area contributed by atoms with Crippen molar-refractivity contribution in [2.24, 2.45) is 11.7 Å². The summed E-state index contributed by atoms with van der Waals surface area (Å²) in [6.45, 7) is 9.46. The van der Waals surface area contributed by atoms with Gasteiger partial charge in [0.05, 0.1) is 0 Å². The Balaban J connectivity index is 5.24. The summed E-state index contributed by atoms with van der Waals surface area (Å²) in [4.78, 5) is 49.5. The molecule has 10 nitrogen and oxygen atoms in total. The number of carboxylic acids is 1. The van der Waals surface area contributed by atoms with E-state index in [0.29, 0.717) is 44.4 Å². The Morgan fingerprint density at radius 2 is 1.68 bits per heavy atom. The Morgan fingerprint density at radius 1 is 1.03 bits per heavy atom. The third kappa shape index (κ3) is 15.5. The van der Waals surface area contributed by atoms with Crippen LogP contribution in [0.5, 0.6) is 0 Å². The van der Waals surface area contributed by atoms with Crippen molar-refractivity contribution in [2.75, 3.05) is 18.6 Å². The van der Waals surface area contributed by atoms with Crippen molar-refractivity contribution >= 4 is 49.6 Å². The fourth-order valence-corrected chi connectivity index (χ4v) is 4.99. The van der Waals surface area contributed by atoms with E-state index >= 15 is 0 Å². The first-order valence-corrected chi connectivity index (χ1v) is 14.6. The monoisotopic (exact) mass is 570 g/mol. The average molecular weight is 570 g/mol. The summed E-state index contributed by atoms with van der Waals surface area (Å²) >= 11 is 0.731. The Morgan fingerprint density at radius 3 is 2.18 bits per heavy atom. The van der Waals surface area contributed by atoms with Crippen LogP contribution < -0.4 is 20.7 Å². The quantitative estimate of drug-likeness (QED) is 0.129. The Kier molecular flexibility index (Phi) is 16.5. The van der Waals surface area contributed by atoms with E-state index in [-0.39, 0.29) is 10.6 Å². The molecule has 0 rings (SSSR count). The number of alkyl carbamates (subject to hydrolysis) is 1. The molecule has 0 unspecified atom stereocenters. The normalized spacial score (nSPS) is 14.2. The molecule has 0 saturated heterocycles. The average Bonchev–Trinajstić information content (AvgIpc) is 2.70. The topological polar surface area (TPSA) is 160 Å². The number of carbonyl (C=O) groups is 4. The molecule has 2 amide bonds. The third-order valence-electron chi connectivity index (χ3n) is 4.47. The van der Waals surface area contributed by atoms with Gasteiger partial charge in [0.15, 0.2) is 0 Å². The van der Waals surface area contributed by atoms with Crippen LogP contribution in [0.3, 0.4) is 0 Å². The number of nitrogens with one attached hydrogen (secondary N) is 3. The second-order valence-electron chi connectivity index (χ2n) is 9.39. The number of hydrogen-bond acceptors (Lipinski definition) is 8. The van der Waals surface area contributed by atoms with Gasteiger partial charge in [0.1, 0.15) is 0 Å². The third-order valence-corrected chi connectivity index (χ3v) is 6.98. The molecule has 198 valence electrons. The zero-order chi connectivity index (χ0) is 26.3. The second-order valence-corrected chi connectivity index (χ2v) is 12.1. The molecule has 0 aliphatic heterocycles. The molecule has 0 radical (unpaired) electrons. The maximum absolute atomic E-state index is 12.9. The molecular formula is C22H42N4O6SSe. The van der Waals surface area contributed by atoms with Gasteiger partial charge in [-0.05, 0) is 0 Å². The van der Waals surface area contributed by atoms with Gasteiger partial charge in [0, 0.05) is 0 Å². The molecule has 0 aromatic rings. The number of carbonyl (C=O) groups excluding carboxylic acids is 3. The van der Waals surface area contributed by atoms with E-state index in [9.17, 15) is 24.3 Å². The van der Waals surface area contributed by atoms with Crippen LogP contribution in [-0.2, 0) is 19.1 Å². The molecule has 0 bridgehead atoms. The molecule has 0 aliphatic carbocycles. The zero-order valence-corrected chi connectivity index (χ0v) is 23.7. The molecule has 6 N–H and O–H groups in total. The van der Waals surface area contributed by atoms with Crippen LogP contribution in [0.15, 0.2) is 0 Å². The van der Waals surface area contributed by atoms with E-state index in [4.69, 9.17) is 10.5 Å².